The Morgan fingerprint density at radius 3 is 1.58 bits per heavy atom. The molecule has 0 aromatic rings. The van der Waals surface area contributed by atoms with Crippen molar-refractivity contribution in [2.24, 2.45) is 0 Å². The largest absolute Gasteiger partial charge is 0.462 e. The molecule has 1 aliphatic heterocycles. The van der Waals surface area contributed by atoms with Crippen molar-refractivity contribution in [1.29, 1.82) is 0 Å². The van der Waals surface area contributed by atoms with Gasteiger partial charge in [-0.15, -0.1) is 0 Å². The van der Waals surface area contributed by atoms with Crippen LogP contribution in [0.2, 0.25) is 0 Å². The quantitative estimate of drug-likeness (QED) is 0.0934. The molecule has 2 N–H and O–H groups in total. The van der Waals surface area contributed by atoms with Crippen molar-refractivity contribution in [3.8, 4) is 0 Å². The lowest BCUT2D eigenvalue weighted by molar-refractivity contribution is -0.187. The number of ether oxygens (including phenoxy) is 2. The number of hydrogen-bond acceptors (Lipinski definition) is 6. The van der Waals surface area contributed by atoms with Gasteiger partial charge in [0, 0.05) is 6.42 Å². The standard InChI is InChI=1S/C31H57NO6/c1-3-5-6-7-8-9-10-11-12-13-14-15-16-17-18-19-20-21-22-23-24-29(34)38-27-26-28(33)32-31(27,36)30(35)37-25-4-2/h27,36H,3-26H2,1-2H3,(H,32,33)/t27?,31-/m1/s1. The number of rotatable bonds is 25. The summed E-state index contributed by atoms with van der Waals surface area (Å²) in [6.07, 6.45) is 25.2. The van der Waals surface area contributed by atoms with Crippen LogP contribution < -0.4 is 5.32 Å². The zero-order valence-electron chi connectivity index (χ0n) is 24.5. The maximum Gasteiger partial charge on any atom is 0.363 e. The van der Waals surface area contributed by atoms with Crippen molar-refractivity contribution in [3.05, 3.63) is 0 Å². The Bertz CT molecular complexity index is 640. The molecule has 0 bridgehead atoms. The summed E-state index contributed by atoms with van der Waals surface area (Å²) in [6.45, 7) is 4.22. The molecule has 0 aliphatic carbocycles. The minimum atomic E-state index is -2.30. The smallest absolute Gasteiger partial charge is 0.363 e. The number of nitrogens with one attached hydrogen (secondary N) is 1. The summed E-state index contributed by atoms with van der Waals surface area (Å²) in [4.78, 5) is 36.0. The van der Waals surface area contributed by atoms with Crippen LogP contribution in [0, 0.1) is 0 Å². The summed E-state index contributed by atoms with van der Waals surface area (Å²) in [5.41, 5.74) is -2.30. The third-order valence-electron chi connectivity index (χ3n) is 7.42. The molecule has 0 radical (unpaired) electrons. The lowest BCUT2D eigenvalue weighted by Gasteiger charge is -2.26. The van der Waals surface area contributed by atoms with Gasteiger partial charge in [0.05, 0.1) is 13.0 Å². The van der Waals surface area contributed by atoms with Crippen molar-refractivity contribution >= 4 is 17.8 Å². The van der Waals surface area contributed by atoms with Crippen LogP contribution in [0.3, 0.4) is 0 Å². The van der Waals surface area contributed by atoms with Crippen molar-refractivity contribution in [2.75, 3.05) is 6.61 Å². The Morgan fingerprint density at radius 2 is 1.16 bits per heavy atom. The molecule has 1 aliphatic rings. The van der Waals surface area contributed by atoms with Crippen molar-refractivity contribution < 1.29 is 29.0 Å². The van der Waals surface area contributed by atoms with E-state index >= 15 is 0 Å². The van der Waals surface area contributed by atoms with Gasteiger partial charge in [-0.05, 0) is 12.8 Å². The van der Waals surface area contributed by atoms with Crippen LogP contribution in [0.4, 0.5) is 0 Å². The Morgan fingerprint density at radius 1 is 0.737 bits per heavy atom. The zero-order chi connectivity index (χ0) is 27.9. The van der Waals surface area contributed by atoms with Crippen LogP contribution in [-0.4, -0.2) is 41.4 Å². The molecular formula is C31H57NO6. The number of esters is 2. The first-order valence-corrected chi connectivity index (χ1v) is 15.8. The number of hydrogen-bond donors (Lipinski definition) is 2. The molecule has 1 unspecified atom stereocenters. The van der Waals surface area contributed by atoms with Crippen LogP contribution in [0.15, 0.2) is 0 Å². The molecule has 7 heteroatoms. The molecular weight excluding hydrogens is 482 g/mol. The van der Waals surface area contributed by atoms with Gasteiger partial charge in [-0.25, -0.2) is 4.79 Å². The van der Waals surface area contributed by atoms with E-state index in [0.29, 0.717) is 12.8 Å². The molecule has 38 heavy (non-hydrogen) atoms. The first-order chi connectivity index (χ1) is 18.4. The minimum absolute atomic E-state index is 0.122. The molecule has 1 rings (SSSR count). The summed E-state index contributed by atoms with van der Waals surface area (Å²) in [7, 11) is 0. The highest BCUT2D eigenvalue weighted by Crippen LogP contribution is 2.24. The summed E-state index contributed by atoms with van der Waals surface area (Å²) in [5.74, 6) is -2.03. The highest BCUT2D eigenvalue weighted by Gasteiger charge is 2.55. The van der Waals surface area contributed by atoms with Gasteiger partial charge in [-0.3, -0.25) is 9.59 Å². The third-order valence-corrected chi connectivity index (χ3v) is 7.42. The van der Waals surface area contributed by atoms with E-state index in [2.05, 4.69) is 12.2 Å². The van der Waals surface area contributed by atoms with Gasteiger partial charge in [-0.1, -0.05) is 136 Å². The maximum absolute atomic E-state index is 12.2. The Balaban J connectivity index is 1.92. The zero-order valence-corrected chi connectivity index (χ0v) is 24.5. The Hall–Kier alpha value is -1.63. The molecule has 1 heterocycles. The molecule has 0 spiro atoms. The topological polar surface area (TPSA) is 102 Å². The summed E-state index contributed by atoms with van der Waals surface area (Å²) in [5, 5.41) is 12.7. The van der Waals surface area contributed by atoms with Gasteiger partial charge < -0.3 is 19.9 Å². The van der Waals surface area contributed by atoms with Crippen molar-refractivity contribution in [3.63, 3.8) is 0 Å². The molecule has 2 atom stereocenters. The van der Waals surface area contributed by atoms with Gasteiger partial charge in [0.15, 0.2) is 6.10 Å². The second kappa shape index (κ2) is 22.2. The van der Waals surface area contributed by atoms with Crippen molar-refractivity contribution in [2.45, 2.75) is 173 Å². The first-order valence-electron chi connectivity index (χ1n) is 15.8. The van der Waals surface area contributed by atoms with E-state index in [-0.39, 0.29) is 19.4 Å². The van der Waals surface area contributed by atoms with E-state index in [9.17, 15) is 19.5 Å². The molecule has 0 saturated carbocycles. The predicted molar refractivity (Wildman–Crippen MR) is 151 cm³/mol. The lowest BCUT2D eigenvalue weighted by atomic mass is 10.0. The SMILES string of the molecule is CCCCCCCCCCCCCCCCCCCCCCC(=O)OC1CC(=O)N[C@]1(O)C(=O)OCCC. The van der Waals surface area contributed by atoms with Crippen molar-refractivity contribution in [1.82, 2.24) is 5.32 Å². The average Bonchev–Trinajstić information content (AvgIpc) is 3.19. The van der Waals surface area contributed by atoms with E-state index in [1.54, 1.807) is 0 Å². The summed E-state index contributed by atoms with van der Waals surface area (Å²) >= 11 is 0. The molecule has 1 saturated heterocycles. The second-order valence-electron chi connectivity index (χ2n) is 11.1. The molecule has 0 aromatic heterocycles. The van der Waals surface area contributed by atoms with E-state index in [4.69, 9.17) is 9.47 Å². The highest BCUT2D eigenvalue weighted by atomic mass is 16.6. The van der Waals surface area contributed by atoms with Gasteiger partial charge in [0.2, 0.25) is 5.91 Å². The third kappa shape index (κ3) is 15.7. The lowest BCUT2D eigenvalue weighted by Crippen LogP contribution is -2.57. The normalized spacial score (nSPS) is 18.9. The summed E-state index contributed by atoms with van der Waals surface area (Å²) < 4.78 is 10.2. The molecule has 1 fully saturated rings. The van der Waals surface area contributed by atoms with Crippen LogP contribution >= 0.6 is 0 Å². The van der Waals surface area contributed by atoms with E-state index in [0.717, 1.165) is 12.8 Å². The van der Waals surface area contributed by atoms with Gasteiger partial charge >= 0.3 is 11.9 Å². The minimum Gasteiger partial charge on any atom is -0.462 e. The molecule has 7 nitrogen and oxygen atoms in total. The van der Waals surface area contributed by atoms with E-state index in [1.807, 2.05) is 6.92 Å². The monoisotopic (exact) mass is 539 g/mol. The number of carbonyl (C=O) groups is 3. The van der Waals surface area contributed by atoms with Crippen LogP contribution in [-0.2, 0) is 23.9 Å². The second-order valence-corrected chi connectivity index (χ2v) is 11.1. The predicted octanol–water partition coefficient (Wildman–Crippen LogP) is 7.27. The summed E-state index contributed by atoms with van der Waals surface area (Å²) in [6, 6.07) is 0. The number of aliphatic hydroxyl groups is 1. The van der Waals surface area contributed by atoms with Gasteiger partial charge in [-0.2, -0.15) is 0 Å². The fourth-order valence-corrected chi connectivity index (χ4v) is 5.02. The molecule has 0 aromatic carbocycles. The highest BCUT2D eigenvalue weighted by molar-refractivity contribution is 5.92. The Kier molecular flexibility index (Phi) is 20.1. The number of amides is 1. The van der Waals surface area contributed by atoms with Crippen LogP contribution in [0.25, 0.3) is 0 Å². The van der Waals surface area contributed by atoms with Gasteiger partial charge in [0.25, 0.3) is 5.72 Å². The molecule has 1 amide bonds. The Labute approximate surface area is 232 Å². The van der Waals surface area contributed by atoms with Gasteiger partial charge in [0.1, 0.15) is 0 Å². The van der Waals surface area contributed by atoms with E-state index in [1.165, 1.54) is 109 Å². The number of unbranched alkanes of at least 4 members (excludes halogenated alkanes) is 19. The fraction of sp³-hybridized carbons (Fsp3) is 0.903. The van der Waals surface area contributed by atoms with Crippen LogP contribution in [0.1, 0.15) is 162 Å². The first kappa shape index (κ1) is 34.4. The average molecular weight is 540 g/mol. The molecule has 222 valence electrons. The van der Waals surface area contributed by atoms with E-state index < -0.39 is 29.7 Å². The van der Waals surface area contributed by atoms with Crippen LogP contribution in [0.5, 0.6) is 0 Å². The number of carbonyl (C=O) groups excluding carboxylic acids is 3. The maximum atomic E-state index is 12.2. The fourth-order valence-electron chi connectivity index (χ4n) is 5.02.